The zero-order valence-corrected chi connectivity index (χ0v) is 11.9. The van der Waals surface area contributed by atoms with E-state index in [1.165, 1.54) is 55.5 Å². The average molecular weight is 247 g/mol. The van der Waals surface area contributed by atoms with E-state index in [1.54, 1.807) is 7.11 Å². The van der Waals surface area contributed by atoms with Crippen molar-refractivity contribution in [3.05, 3.63) is 28.8 Å². The van der Waals surface area contributed by atoms with Crippen LogP contribution in [0.3, 0.4) is 0 Å². The van der Waals surface area contributed by atoms with Gasteiger partial charge in [-0.2, -0.15) is 0 Å². The first-order chi connectivity index (χ1) is 8.70. The largest absolute Gasteiger partial charge is 0.496 e. The van der Waals surface area contributed by atoms with Crippen molar-refractivity contribution in [1.82, 2.24) is 5.32 Å². The van der Waals surface area contributed by atoms with Crippen molar-refractivity contribution in [2.45, 2.75) is 39.5 Å². The topological polar surface area (TPSA) is 21.3 Å². The van der Waals surface area contributed by atoms with Gasteiger partial charge < -0.3 is 10.1 Å². The predicted octanol–water partition coefficient (Wildman–Crippen LogP) is 3.24. The van der Waals surface area contributed by atoms with E-state index in [9.17, 15) is 0 Å². The molecule has 1 aromatic rings. The fourth-order valence-corrected chi connectivity index (χ4v) is 3.05. The minimum absolute atomic E-state index is 0.911. The molecule has 1 aliphatic heterocycles. The van der Waals surface area contributed by atoms with Crippen LogP contribution in [0, 0.1) is 19.8 Å². The standard InChI is InChI=1S/C16H25NO/c1-12-10-15(11-13(2)16(12)18-3)5-4-14-6-8-17-9-7-14/h10-11,14,17H,4-9H2,1-3H3. The van der Waals surface area contributed by atoms with Crippen LogP contribution in [0.2, 0.25) is 0 Å². The normalized spacial score (nSPS) is 16.8. The van der Waals surface area contributed by atoms with E-state index in [-0.39, 0.29) is 0 Å². The van der Waals surface area contributed by atoms with E-state index < -0.39 is 0 Å². The van der Waals surface area contributed by atoms with Crippen LogP contribution in [0.1, 0.15) is 36.0 Å². The van der Waals surface area contributed by atoms with E-state index in [2.05, 4.69) is 31.3 Å². The zero-order chi connectivity index (χ0) is 13.0. The number of rotatable bonds is 4. The SMILES string of the molecule is COc1c(C)cc(CCC2CCNCC2)cc1C. The van der Waals surface area contributed by atoms with Gasteiger partial charge in [0.15, 0.2) is 0 Å². The third-order valence-electron chi connectivity index (χ3n) is 4.02. The van der Waals surface area contributed by atoms with Gasteiger partial charge in [-0.3, -0.25) is 0 Å². The first kappa shape index (κ1) is 13.4. The Hall–Kier alpha value is -1.02. The molecule has 18 heavy (non-hydrogen) atoms. The Bertz CT molecular complexity index is 371. The van der Waals surface area contributed by atoms with Crippen LogP contribution in [0.4, 0.5) is 0 Å². The second-order valence-electron chi connectivity index (χ2n) is 5.49. The molecule has 100 valence electrons. The highest BCUT2D eigenvalue weighted by atomic mass is 16.5. The number of nitrogens with one attached hydrogen (secondary N) is 1. The van der Waals surface area contributed by atoms with Crippen LogP contribution in [0.25, 0.3) is 0 Å². The fourth-order valence-electron chi connectivity index (χ4n) is 3.05. The lowest BCUT2D eigenvalue weighted by Crippen LogP contribution is -2.27. The Morgan fingerprint density at radius 2 is 1.78 bits per heavy atom. The Morgan fingerprint density at radius 3 is 2.33 bits per heavy atom. The molecule has 1 N–H and O–H groups in total. The zero-order valence-electron chi connectivity index (χ0n) is 11.9. The molecular formula is C16H25NO. The Balaban J connectivity index is 1.96. The summed E-state index contributed by atoms with van der Waals surface area (Å²) in [5.74, 6) is 1.95. The maximum Gasteiger partial charge on any atom is 0.124 e. The highest BCUT2D eigenvalue weighted by Crippen LogP contribution is 2.26. The van der Waals surface area contributed by atoms with Crippen molar-refractivity contribution in [1.29, 1.82) is 0 Å². The lowest BCUT2D eigenvalue weighted by Gasteiger charge is -2.22. The molecule has 0 aliphatic carbocycles. The molecule has 1 fully saturated rings. The van der Waals surface area contributed by atoms with Crippen molar-refractivity contribution >= 4 is 0 Å². The third kappa shape index (κ3) is 3.26. The molecule has 1 saturated heterocycles. The van der Waals surface area contributed by atoms with E-state index in [0.717, 1.165) is 11.7 Å². The van der Waals surface area contributed by atoms with Crippen molar-refractivity contribution in [3.8, 4) is 5.75 Å². The highest BCUT2D eigenvalue weighted by molar-refractivity contribution is 5.43. The molecule has 1 aliphatic rings. The summed E-state index contributed by atoms with van der Waals surface area (Å²) in [4.78, 5) is 0. The minimum Gasteiger partial charge on any atom is -0.496 e. The Morgan fingerprint density at radius 1 is 1.17 bits per heavy atom. The van der Waals surface area contributed by atoms with Gasteiger partial charge in [-0.1, -0.05) is 12.1 Å². The molecule has 2 nitrogen and oxygen atoms in total. The molecule has 1 heterocycles. The summed E-state index contributed by atoms with van der Waals surface area (Å²) in [5.41, 5.74) is 3.99. The molecular weight excluding hydrogens is 222 g/mol. The van der Waals surface area contributed by atoms with E-state index in [0.29, 0.717) is 0 Å². The smallest absolute Gasteiger partial charge is 0.124 e. The molecule has 0 bridgehead atoms. The van der Waals surface area contributed by atoms with Crippen LogP contribution >= 0.6 is 0 Å². The van der Waals surface area contributed by atoms with Crippen LogP contribution in [-0.2, 0) is 6.42 Å². The van der Waals surface area contributed by atoms with Crippen molar-refractivity contribution in [3.63, 3.8) is 0 Å². The van der Waals surface area contributed by atoms with Gasteiger partial charge in [-0.25, -0.2) is 0 Å². The Kier molecular flexibility index (Phi) is 4.65. The van der Waals surface area contributed by atoms with Crippen molar-refractivity contribution in [2.24, 2.45) is 5.92 Å². The molecule has 2 heteroatoms. The number of ether oxygens (including phenoxy) is 1. The van der Waals surface area contributed by atoms with E-state index in [4.69, 9.17) is 4.74 Å². The summed E-state index contributed by atoms with van der Waals surface area (Å²) >= 11 is 0. The van der Waals surface area contributed by atoms with Crippen LogP contribution in [0.5, 0.6) is 5.75 Å². The second-order valence-corrected chi connectivity index (χ2v) is 5.49. The summed E-state index contributed by atoms with van der Waals surface area (Å²) in [6.07, 6.45) is 5.21. The molecule has 1 aromatic carbocycles. The molecule has 0 spiro atoms. The maximum atomic E-state index is 5.42. The fraction of sp³-hybridized carbons (Fsp3) is 0.625. The van der Waals surface area contributed by atoms with Gasteiger partial charge in [-0.15, -0.1) is 0 Å². The van der Waals surface area contributed by atoms with Gasteiger partial charge in [0.1, 0.15) is 5.75 Å². The molecule has 2 rings (SSSR count). The minimum atomic E-state index is 0.911. The maximum absolute atomic E-state index is 5.42. The number of aryl methyl sites for hydroxylation is 3. The molecule has 0 saturated carbocycles. The second kappa shape index (κ2) is 6.24. The number of benzene rings is 1. The van der Waals surface area contributed by atoms with Crippen LogP contribution in [-0.4, -0.2) is 20.2 Å². The summed E-state index contributed by atoms with van der Waals surface area (Å²) in [6, 6.07) is 4.57. The summed E-state index contributed by atoms with van der Waals surface area (Å²) in [7, 11) is 1.75. The number of methoxy groups -OCH3 is 1. The highest BCUT2D eigenvalue weighted by Gasteiger charge is 2.13. The summed E-state index contributed by atoms with van der Waals surface area (Å²) in [6.45, 7) is 6.68. The van der Waals surface area contributed by atoms with Gasteiger partial charge in [0.25, 0.3) is 0 Å². The van der Waals surface area contributed by atoms with Gasteiger partial charge in [0.05, 0.1) is 7.11 Å². The Labute approximate surface area is 111 Å². The number of hydrogen-bond donors (Lipinski definition) is 1. The van der Waals surface area contributed by atoms with E-state index in [1.807, 2.05) is 0 Å². The molecule has 0 unspecified atom stereocenters. The lowest BCUT2D eigenvalue weighted by molar-refractivity contribution is 0.354. The van der Waals surface area contributed by atoms with Crippen LogP contribution < -0.4 is 10.1 Å². The van der Waals surface area contributed by atoms with Crippen molar-refractivity contribution < 1.29 is 4.74 Å². The van der Waals surface area contributed by atoms with E-state index >= 15 is 0 Å². The molecule has 0 amide bonds. The lowest BCUT2D eigenvalue weighted by atomic mass is 9.90. The molecule has 0 aromatic heterocycles. The van der Waals surface area contributed by atoms with Crippen molar-refractivity contribution in [2.75, 3.05) is 20.2 Å². The van der Waals surface area contributed by atoms with Gasteiger partial charge >= 0.3 is 0 Å². The summed E-state index contributed by atoms with van der Waals surface area (Å²) in [5, 5.41) is 3.43. The molecule has 0 radical (unpaired) electrons. The summed E-state index contributed by atoms with van der Waals surface area (Å²) < 4.78 is 5.42. The monoisotopic (exact) mass is 247 g/mol. The van der Waals surface area contributed by atoms with Gasteiger partial charge in [0.2, 0.25) is 0 Å². The number of piperidine rings is 1. The van der Waals surface area contributed by atoms with Gasteiger partial charge in [0, 0.05) is 0 Å². The van der Waals surface area contributed by atoms with Crippen LogP contribution in [0.15, 0.2) is 12.1 Å². The number of hydrogen-bond acceptors (Lipinski definition) is 2. The predicted molar refractivity (Wildman–Crippen MR) is 76.4 cm³/mol. The quantitative estimate of drug-likeness (QED) is 0.882. The third-order valence-corrected chi connectivity index (χ3v) is 4.02. The first-order valence-electron chi connectivity index (χ1n) is 7.05. The average Bonchev–Trinajstić information content (AvgIpc) is 2.37. The first-order valence-corrected chi connectivity index (χ1v) is 7.05. The molecule has 0 atom stereocenters. The van der Waals surface area contributed by atoms with Gasteiger partial charge in [-0.05, 0) is 75.2 Å².